The van der Waals surface area contributed by atoms with Crippen LogP contribution in [0.2, 0.25) is 0 Å². The molecule has 0 aliphatic carbocycles. The van der Waals surface area contributed by atoms with Crippen LogP contribution in [-0.4, -0.2) is 57.0 Å². The van der Waals surface area contributed by atoms with E-state index in [2.05, 4.69) is 25.7 Å². The van der Waals surface area contributed by atoms with Crippen molar-refractivity contribution < 1.29 is 9.47 Å². The molecule has 0 heterocycles. The van der Waals surface area contributed by atoms with E-state index in [4.69, 9.17) is 15.2 Å². The molecule has 0 unspecified atom stereocenters. The number of likely N-dealkylation sites (N-methyl/N-ethyl adjacent to an activating group) is 1. The van der Waals surface area contributed by atoms with E-state index < -0.39 is 0 Å². The van der Waals surface area contributed by atoms with E-state index in [9.17, 15) is 0 Å². The van der Waals surface area contributed by atoms with Gasteiger partial charge in [-0.3, -0.25) is 4.90 Å². The van der Waals surface area contributed by atoms with Crippen LogP contribution in [0.4, 0.5) is 0 Å². The van der Waals surface area contributed by atoms with Crippen LogP contribution in [0.1, 0.15) is 27.2 Å². The van der Waals surface area contributed by atoms with Gasteiger partial charge >= 0.3 is 0 Å². The van der Waals surface area contributed by atoms with Crippen molar-refractivity contribution in [2.45, 2.75) is 32.7 Å². The molecule has 0 bridgehead atoms. The Morgan fingerprint density at radius 3 is 2.38 bits per heavy atom. The van der Waals surface area contributed by atoms with Gasteiger partial charge in [-0.1, -0.05) is 6.92 Å². The number of nitrogens with two attached hydrogens (primary N) is 1. The lowest BCUT2D eigenvalue weighted by Gasteiger charge is -2.37. The highest BCUT2D eigenvalue weighted by molar-refractivity contribution is 4.81. The molecule has 0 saturated heterocycles. The molecule has 0 aromatic carbocycles. The van der Waals surface area contributed by atoms with Gasteiger partial charge in [0.1, 0.15) is 0 Å². The monoisotopic (exact) mass is 232 g/mol. The first kappa shape index (κ1) is 15.8. The number of ether oxygens (including phenoxy) is 2. The number of hydrogen-bond acceptors (Lipinski definition) is 4. The highest BCUT2D eigenvalue weighted by Gasteiger charge is 2.22. The molecule has 4 nitrogen and oxygen atoms in total. The van der Waals surface area contributed by atoms with Crippen LogP contribution in [0.15, 0.2) is 0 Å². The van der Waals surface area contributed by atoms with Crippen molar-refractivity contribution in [1.29, 1.82) is 0 Å². The maximum absolute atomic E-state index is 5.76. The Morgan fingerprint density at radius 2 is 1.88 bits per heavy atom. The average molecular weight is 232 g/mol. The van der Waals surface area contributed by atoms with E-state index in [0.29, 0.717) is 19.8 Å². The number of rotatable bonds is 10. The van der Waals surface area contributed by atoms with Gasteiger partial charge in [-0.05, 0) is 26.8 Å². The molecular formula is C12H28N2O2. The Bertz CT molecular complexity index is 163. The molecule has 0 radical (unpaired) electrons. The van der Waals surface area contributed by atoms with Crippen LogP contribution in [0.5, 0.6) is 0 Å². The lowest BCUT2D eigenvalue weighted by molar-refractivity contribution is 0.0574. The van der Waals surface area contributed by atoms with E-state index in [-0.39, 0.29) is 5.54 Å². The standard InChI is InChI=1S/C12H28N2O2/c1-5-14(12(2,3)11-13)7-6-8-16-10-9-15-4/h5-11,13H2,1-4H3. The summed E-state index contributed by atoms with van der Waals surface area (Å²) in [4.78, 5) is 2.40. The fourth-order valence-electron chi connectivity index (χ4n) is 1.62. The molecule has 0 aliphatic rings. The van der Waals surface area contributed by atoms with Gasteiger partial charge in [-0.25, -0.2) is 0 Å². The van der Waals surface area contributed by atoms with Crippen molar-refractivity contribution in [3.8, 4) is 0 Å². The molecule has 4 heteroatoms. The second kappa shape index (κ2) is 8.93. The molecule has 16 heavy (non-hydrogen) atoms. The van der Waals surface area contributed by atoms with Gasteiger partial charge in [0.05, 0.1) is 13.2 Å². The maximum atomic E-state index is 5.76. The fraction of sp³-hybridized carbons (Fsp3) is 1.00. The minimum atomic E-state index is 0.0846. The van der Waals surface area contributed by atoms with E-state index in [1.54, 1.807) is 7.11 Å². The number of hydrogen-bond donors (Lipinski definition) is 1. The van der Waals surface area contributed by atoms with Gasteiger partial charge in [0, 0.05) is 32.3 Å². The third-order valence-electron chi connectivity index (χ3n) is 2.89. The quantitative estimate of drug-likeness (QED) is 0.573. The molecule has 0 aliphatic heterocycles. The smallest absolute Gasteiger partial charge is 0.0700 e. The Kier molecular flexibility index (Phi) is 8.84. The molecule has 0 aromatic rings. The summed E-state index contributed by atoms with van der Waals surface area (Å²) in [6.45, 7) is 11.4. The SMILES string of the molecule is CCN(CCCOCCOC)C(C)(C)CN. The molecule has 0 aromatic heterocycles. The predicted octanol–water partition coefficient (Wildman–Crippen LogP) is 1.10. The van der Waals surface area contributed by atoms with E-state index >= 15 is 0 Å². The first-order chi connectivity index (χ1) is 7.58. The minimum absolute atomic E-state index is 0.0846. The van der Waals surface area contributed by atoms with Gasteiger partial charge in [0.2, 0.25) is 0 Å². The normalized spacial score (nSPS) is 12.4. The molecule has 0 amide bonds. The van der Waals surface area contributed by atoms with Crippen molar-refractivity contribution in [3.63, 3.8) is 0 Å². The summed E-state index contributed by atoms with van der Waals surface area (Å²) in [6, 6.07) is 0. The Hall–Kier alpha value is -0.160. The van der Waals surface area contributed by atoms with Crippen molar-refractivity contribution in [2.24, 2.45) is 5.73 Å². The largest absolute Gasteiger partial charge is 0.382 e. The Morgan fingerprint density at radius 1 is 1.19 bits per heavy atom. The summed E-state index contributed by atoms with van der Waals surface area (Å²) in [5.41, 5.74) is 5.85. The van der Waals surface area contributed by atoms with Crippen LogP contribution in [0.3, 0.4) is 0 Å². The van der Waals surface area contributed by atoms with E-state index in [1.807, 2.05) is 0 Å². The lowest BCUT2D eigenvalue weighted by Crippen LogP contribution is -2.49. The van der Waals surface area contributed by atoms with Crippen molar-refractivity contribution in [3.05, 3.63) is 0 Å². The summed E-state index contributed by atoms with van der Waals surface area (Å²) >= 11 is 0. The van der Waals surface area contributed by atoms with Crippen LogP contribution < -0.4 is 5.73 Å². The molecule has 0 saturated carbocycles. The van der Waals surface area contributed by atoms with E-state index in [0.717, 1.165) is 26.1 Å². The predicted molar refractivity (Wildman–Crippen MR) is 67.7 cm³/mol. The molecular weight excluding hydrogens is 204 g/mol. The van der Waals surface area contributed by atoms with Gasteiger partial charge < -0.3 is 15.2 Å². The first-order valence-corrected chi connectivity index (χ1v) is 6.10. The highest BCUT2D eigenvalue weighted by Crippen LogP contribution is 2.12. The maximum Gasteiger partial charge on any atom is 0.0700 e. The summed E-state index contributed by atoms with van der Waals surface area (Å²) in [5, 5.41) is 0. The Balaban J connectivity index is 3.64. The fourth-order valence-corrected chi connectivity index (χ4v) is 1.62. The highest BCUT2D eigenvalue weighted by atomic mass is 16.5. The lowest BCUT2D eigenvalue weighted by atomic mass is 10.0. The number of methoxy groups -OCH3 is 1. The molecule has 0 rings (SSSR count). The summed E-state index contributed by atoms with van der Waals surface area (Å²) < 4.78 is 10.3. The topological polar surface area (TPSA) is 47.7 Å². The van der Waals surface area contributed by atoms with Crippen LogP contribution >= 0.6 is 0 Å². The molecule has 0 fully saturated rings. The summed E-state index contributed by atoms with van der Waals surface area (Å²) in [6.07, 6.45) is 1.04. The van der Waals surface area contributed by atoms with Gasteiger partial charge in [-0.2, -0.15) is 0 Å². The van der Waals surface area contributed by atoms with Crippen molar-refractivity contribution in [1.82, 2.24) is 4.90 Å². The van der Waals surface area contributed by atoms with Gasteiger partial charge in [0.15, 0.2) is 0 Å². The zero-order chi connectivity index (χ0) is 12.4. The minimum Gasteiger partial charge on any atom is -0.382 e. The molecule has 0 spiro atoms. The van der Waals surface area contributed by atoms with Gasteiger partial charge in [0.25, 0.3) is 0 Å². The van der Waals surface area contributed by atoms with Crippen LogP contribution in [0.25, 0.3) is 0 Å². The summed E-state index contributed by atoms with van der Waals surface area (Å²) in [5.74, 6) is 0. The number of nitrogens with zero attached hydrogens (tertiary/aromatic N) is 1. The second-order valence-corrected chi connectivity index (χ2v) is 4.55. The second-order valence-electron chi connectivity index (χ2n) is 4.55. The summed E-state index contributed by atoms with van der Waals surface area (Å²) in [7, 11) is 1.69. The zero-order valence-corrected chi connectivity index (χ0v) is 11.3. The first-order valence-electron chi connectivity index (χ1n) is 6.10. The average Bonchev–Trinajstić information content (AvgIpc) is 2.28. The van der Waals surface area contributed by atoms with Crippen molar-refractivity contribution in [2.75, 3.05) is 46.6 Å². The van der Waals surface area contributed by atoms with E-state index in [1.165, 1.54) is 0 Å². The van der Waals surface area contributed by atoms with Gasteiger partial charge in [-0.15, -0.1) is 0 Å². The van der Waals surface area contributed by atoms with Crippen LogP contribution in [0, 0.1) is 0 Å². The molecule has 2 N–H and O–H groups in total. The van der Waals surface area contributed by atoms with Crippen molar-refractivity contribution >= 4 is 0 Å². The third kappa shape index (κ3) is 6.43. The zero-order valence-electron chi connectivity index (χ0n) is 11.3. The third-order valence-corrected chi connectivity index (χ3v) is 2.89. The Labute approximate surface area is 100 Å². The van der Waals surface area contributed by atoms with Crippen LogP contribution in [-0.2, 0) is 9.47 Å². The molecule has 0 atom stereocenters. The molecule has 98 valence electrons.